The summed E-state index contributed by atoms with van der Waals surface area (Å²) < 4.78 is 7.53. The fourth-order valence-electron chi connectivity index (χ4n) is 5.86. The van der Waals surface area contributed by atoms with Crippen LogP contribution in [0, 0.1) is 6.92 Å². The first-order valence-corrected chi connectivity index (χ1v) is 14.4. The zero-order chi connectivity index (χ0) is 25.1. The Morgan fingerprint density at radius 1 is 1.14 bits per heavy atom. The second-order valence-corrected chi connectivity index (χ2v) is 11.8. The molecule has 0 saturated carbocycles. The summed E-state index contributed by atoms with van der Waals surface area (Å²) in [7, 11) is 0. The van der Waals surface area contributed by atoms with Gasteiger partial charge in [0, 0.05) is 41.0 Å². The van der Waals surface area contributed by atoms with Crippen LogP contribution in [-0.4, -0.2) is 44.9 Å². The summed E-state index contributed by atoms with van der Waals surface area (Å²) in [5, 5.41) is 4.19. The lowest BCUT2D eigenvalue weighted by Gasteiger charge is -2.36. The normalized spacial score (nSPS) is 18.5. The molecule has 37 heavy (non-hydrogen) atoms. The Bertz CT molecular complexity index is 1690. The van der Waals surface area contributed by atoms with E-state index in [1.807, 2.05) is 34.4 Å². The standard InChI is InChI=1S/C28H26N4O3S2/c1-16-13-21-20(30-27(33)22-15-29-26(32(21)22)17-5-9-35-10-6-17)14-19(16)28(34)31-8-4-23-18(7-12-37-23)25(31)24-3-2-11-36-24/h2-3,7,11-15,17,25H,4-6,8-10H2,1H3,(H,30,33). The summed E-state index contributed by atoms with van der Waals surface area (Å²) in [6, 6.07) is 10.1. The van der Waals surface area contributed by atoms with Crippen LogP contribution in [0.1, 0.15) is 61.9 Å². The fourth-order valence-corrected chi connectivity index (χ4v) is 7.62. The molecule has 2 aliphatic heterocycles. The highest BCUT2D eigenvalue weighted by molar-refractivity contribution is 7.10. The summed E-state index contributed by atoms with van der Waals surface area (Å²) in [6.07, 6.45) is 4.28. The number of aromatic amines is 1. The van der Waals surface area contributed by atoms with Crippen molar-refractivity contribution in [3.8, 4) is 0 Å². The Labute approximate surface area is 221 Å². The van der Waals surface area contributed by atoms with Gasteiger partial charge in [-0.05, 0) is 72.3 Å². The van der Waals surface area contributed by atoms with Gasteiger partial charge in [-0.2, -0.15) is 0 Å². The van der Waals surface area contributed by atoms with E-state index in [2.05, 4.69) is 32.9 Å². The molecular formula is C28H26N4O3S2. The lowest BCUT2D eigenvalue weighted by Crippen LogP contribution is -2.40. The van der Waals surface area contributed by atoms with Crippen molar-refractivity contribution in [3.05, 3.63) is 89.9 Å². The molecule has 1 atom stereocenters. The number of hydrogen-bond donors (Lipinski definition) is 1. The average Bonchev–Trinajstić information content (AvgIpc) is 3.69. The summed E-state index contributed by atoms with van der Waals surface area (Å²) in [5.41, 5.74) is 4.59. The highest BCUT2D eigenvalue weighted by Crippen LogP contribution is 2.40. The topological polar surface area (TPSA) is 79.7 Å². The van der Waals surface area contributed by atoms with Crippen LogP contribution in [0.4, 0.5) is 0 Å². The zero-order valence-corrected chi connectivity index (χ0v) is 22.0. The van der Waals surface area contributed by atoms with Crippen molar-refractivity contribution in [2.75, 3.05) is 19.8 Å². The number of aryl methyl sites for hydroxylation is 1. The number of H-pyrrole nitrogens is 1. The molecule has 7 nitrogen and oxygen atoms in total. The first-order valence-electron chi connectivity index (χ1n) is 12.6. The summed E-state index contributed by atoms with van der Waals surface area (Å²) in [6.45, 7) is 4.04. The number of aromatic nitrogens is 3. The number of amides is 1. The van der Waals surface area contributed by atoms with Crippen LogP contribution in [0.5, 0.6) is 0 Å². The highest BCUT2D eigenvalue weighted by Gasteiger charge is 2.34. The molecule has 1 fully saturated rings. The van der Waals surface area contributed by atoms with E-state index >= 15 is 0 Å². The number of hydrogen-bond acceptors (Lipinski definition) is 6. The Morgan fingerprint density at radius 3 is 2.81 bits per heavy atom. The van der Waals surface area contributed by atoms with Crippen molar-refractivity contribution in [2.24, 2.45) is 0 Å². The van der Waals surface area contributed by atoms with Crippen molar-refractivity contribution in [1.82, 2.24) is 19.3 Å². The van der Waals surface area contributed by atoms with Crippen LogP contribution in [0.3, 0.4) is 0 Å². The zero-order valence-electron chi connectivity index (χ0n) is 20.4. The number of nitrogens with zero attached hydrogens (tertiary/aromatic N) is 3. The van der Waals surface area contributed by atoms with Crippen molar-refractivity contribution >= 4 is 45.1 Å². The van der Waals surface area contributed by atoms with E-state index in [0.717, 1.165) is 36.2 Å². The first-order chi connectivity index (χ1) is 18.1. The second-order valence-electron chi connectivity index (χ2n) is 9.83. The molecule has 6 heterocycles. The minimum atomic E-state index is -0.196. The van der Waals surface area contributed by atoms with E-state index < -0.39 is 0 Å². The molecule has 5 aromatic rings. The minimum absolute atomic E-state index is 0.00844. The Morgan fingerprint density at radius 2 is 2.00 bits per heavy atom. The lowest BCUT2D eigenvalue weighted by molar-refractivity contribution is 0.0698. The predicted octanol–water partition coefficient (Wildman–Crippen LogP) is 5.29. The number of fused-ring (bicyclic) bond motifs is 4. The average molecular weight is 531 g/mol. The third kappa shape index (κ3) is 3.67. The third-order valence-electron chi connectivity index (χ3n) is 7.71. The molecule has 1 aromatic carbocycles. The maximum Gasteiger partial charge on any atom is 0.274 e. The van der Waals surface area contributed by atoms with Gasteiger partial charge < -0.3 is 14.6 Å². The van der Waals surface area contributed by atoms with Gasteiger partial charge in [0.05, 0.1) is 23.3 Å². The number of thiophene rings is 2. The second kappa shape index (κ2) is 8.93. The largest absolute Gasteiger partial charge is 0.381 e. The number of rotatable bonds is 3. The van der Waals surface area contributed by atoms with Crippen LogP contribution in [-0.2, 0) is 11.2 Å². The third-order valence-corrected chi connectivity index (χ3v) is 9.63. The molecule has 1 N–H and O–H groups in total. The van der Waals surface area contributed by atoms with Crippen molar-refractivity contribution in [3.63, 3.8) is 0 Å². The first kappa shape index (κ1) is 22.9. The van der Waals surface area contributed by atoms with Crippen LogP contribution in [0.2, 0.25) is 0 Å². The molecule has 0 aliphatic carbocycles. The molecule has 1 saturated heterocycles. The highest BCUT2D eigenvalue weighted by atomic mass is 32.1. The van der Waals surface area contributed by atoms with Gasteiger partial charge in [-0.1, -0.05) is 6.07 Å². The summed E-state index contributed by atoms with van der Waals surface area (Å²) in [4.78, 5) is 39.4. The Kier molecular flexibility index (Phi) is 5.53. The minimum Gasteiger partial charge on any atom is -0.381 e. The number of benzene rings is 1. The van der Waals surface area contributed by atoms with E-state index in [-0.39, 0.29) is 23.4 Å². The molecule has 1 unspecified atom stereocenters. The van der Waals surface area contributed by atoms with Crippen molar-refractivity contribution < 1.29 is 9.53 Å². The van der Waals surface area contributed by atoms with Gasteiger partial charge in [0.1, 0.15) is 11.3 Å². The fraction of sp³-hybridized carbons (Fsp3) is 0.321. The number of carbonyl (C=O) groups is 1. The molecule has 1 amide bonds. The monoisotopic (exact) mass is 530 g/mol. The van der Waals surface area contributed by atoms with Crippen LogP contribution in [0.25, 0.3) is 16.6 Å². The van der Waals surface area contributed by atoms with Crippen molar-refractivity contribution in [2.45, 2.75) is 38.1 Å². The Hall–Kier alpha value is -3.27. The van der Waals surface area contributed by atoms with Gasteiger partial charge in [-0.15, -0.1) is 22.7 Å². The van der Waals surface area contributed by atoms with E-state index in [4.69, 9.17) is 4.74 Å². The van der Waals surface area contributed by atoms with E-state index in [9.17, 15) is 9.59 Å². The smallest absolute Gasteiger partial charge is 0.274 e. The van der Waals surface area contributed by atoms with Gasteiger partial charge in [-0.25, -0.2) is 4.98 Å². The summed E-state index contributed by atoms with van der Waals surface area (Å²) in [5.74, 6) is 1.13. The number of carbonyl (C=O) groups excluding carboxylic acids is 1. The van der Waals surface area contributed by atoms with Crippen molar-refractivity contribution in [1.29, 1.82) is 0 Å². The Balaban J connectivity index is 1.35. The molecule has 4 aromatic heterocycles. The molecule has 0 radical (unpaired) electrons. The van der Waals surface area contributed by atoms with Crippen LogP contribution >= 0.6 is 22.7 Å². The molecule has 2 aliphatic rings. The van der Waals surface area contributed by atoms with Gasteiger partial charge in [-0.3, -0.25) is 14.0 Å². The SMILES string of the molecule is Cc1cc2c(cc1C(=O)N1CCc3sccc3C1c1cccs1)[nH]c(=O)c1cnc(C3CCOCC3)n12. The van der Waals surface area contributed by atoms with Gasteiger partial charge >= 0.3 is 0 Å². The molecule has 7 rings (SSSR count). The summed E-state index contributed by atoms with van der Waals surface area (Å²) >= 11 is 3.45. The van der Waals surface area contributed by atoms with Crippen LogP contribution in [0.15, 0.2) is 52.1 Å². The van der Waals surface area contributed by atoms with E-state index in [0.29, 0.717) is 36.4 Å². The number of ether oxygens (including phenoxy) is 1. The van der Waals surface area contributed by atoms with Gasteiger partial charge in [0.25, 0.3) is 11.5 Å². The maximum absolute atomic E-state index is 14.1. The molecular weight excluding hydrogens is 504 g/mol. The maximum atomic E-state index is 14.1. The number of nitrogens with one attached hydrogen (secondary N) is 1. The predicted molar refractivity (Wildman–Crippen MR) is 146 cm³/mol. The van der Waals surface area contributed by atoms with Crippen LogP contribution < -0.4 is 5.56 Å². The molecule has 9 heteroatoms. The molecule has 188 valence electrons. The quantitative estimate of drug-likeness (QED) is 0.344. The van der Waals surface area contributed by atoms with E-state index in [1.165, 1.54) is 15.3 Å². The molecule has 0 bridgehead atoms. The lowest BCUT2D eigenvalue weighted by atomic mass is 9.96. The van der Waals surface area contributed by atoms with E-state index in [1.54, 1.807) is 28.9 Å². The van der Waals surface area contributed by atoms with Gasteiger partial charge in [0.15, 0.2) is 0 Å². The molecule has 0 spiro atoms. The van der Waals surface area contributed by atoms with Gasteiger partial charge in [0.2, 0.25) is 0 Å². The number of imidazole rings is 1.